The second-order valence-electron chi connectivity index (χ2n) is 8.15. The van der Waals surface area contributed by atoms with Crippen LogP contribution in [-0.4, -0.2) is 56.8 Å². The van der Waals surface area contributed by atoms with E-state index in [0.717, 1.165) is 55.2 Å². The van der Waals surface area contributed by atoms with E-state index >= 15 is 0 Å². The Kier molecular flexibility index (Phi) is 4.15. The van der Waals surface area contributed by atoms with Gasteiger partial charge in [-0.05, 0) is 54.7 Å². The topological polar surface area (TPSA) is 95.9 Å². The second kappa shape index (κ2) is 6.72. The summed E-state index contributed by atoms with van der Waals surface area (Å²) in [6, 6.07) is 8.08. The molecule has 0 bridgehead atoms. The van der Waals surface area contributed by atoms with E-state index < -0.39 is 0 Å². The molecule has 0 radical (unpaired) electrons. The summed E-state index contributed by atoms with van der Waals surface area (Å²) in [5, 5.41) is 11.9. The van der Waals surface area contributed by atoms with Crippen molar-refractivity contribution >= 4 is 22.7 Å². The van der Waals surface area contributed by atoms with Gasteiger partial charge in [-0.1, -0.05) is 11.3 Å². The summed E-state index contributed by atoms with van der Waals surface area (Å²) in [5.74, 6) is -0.126. The lowest BCUT2D eigenvalue weighted by Crippen LogP contribution is -2.51. The highest BCUT2D eigenvalue weighted by atomic mass is 16.2. The van der Waals surface area contributed by atoms with E-state index in [0.29, 0.717) is 5.69 Å². The van der Waals surface area contributed by atoms with Gasteiger partial charge >= 0.3 is 0 Å². The molecule has 29 heavy (non-hydrogen) atoms. The highest BCUT2D eigenvalue weighted by molar-refractivity contribution is 5.98. The highest BCUT2D eigenvalue weighted by Crippen LogP contribution is 2.56. The predicted molar refractivity (Wildman–Crippen MR) is 108 cm³/mol. The van der Waals surface area contributed by atoms with E-state index in [4.69, 9.17) is 0 Å². The fourth-order valence-electron chi connectivity index (χ4n) is 4.86. The minimum absolute atomic E-state index is 0.0925. The number of carbonyl (C=O) groups is 2. The molecule has 1 aliphatic carbocycles. The molecule has 3 heterocycles. The molecule has 1 unspecified atom stereocenters. The third kappa shape index (κ3) is 2.90. The number of rotatable bonds is 3. The van der Waals surface area contributed by atoms with E-state index in [1.165, 1.54) is 0 Å². The van der Waals surface area contributed by atoms with Crippen LogP contribution in [0.2, 0.25) is 0 Å². The molecule has 1 saturated carbocycles. The molecule has 8 nitrogen and oxygen atoms in total. The number of aromatic amines is 1. The number of H-pyrrole nitrogens is 1. The lowest BCUT2D eigenvalue weighted by Gasteiger charge is -2.53. The molecular formula is C21H24N6O2. The SMILES string of the molecule is CNC(=O)c1cn(C2CCC23CCN(C(=O)c2ccc4cc[nH]c4c2)CC3)nn1. The molecule has 2 fully saturated rings. The Morgan fingerprint density at radius 3 is 2.76 bits per heavy atom. The first-order chi connectivity index (χ1) is 14.1. The predicted octanol–water partition coefficient (Wildman–Crippen LogP) is 2.38. The molecule has 2 aromatic heterocycles. The Bertz CT molecular complexity index is 1080. The van der Waals surface area contributed by atoms with Crippen molar-refractivity contribution in [2.75, 3.05) is 20.1 Å². The van der Waals surface area contributed by atoms with Gasteiger partial charge in [0.1, 0.15) is 0 Å². The Hall–Kier alpha value is -3.16. The molecule has 8 heteroatoms. The van der Waals surface area contributed by atoms with E-state index in [1.54, 1.807) is 13.2 Å². The smallest absolute Gasteiger partial charge is 0.273 e. The molecule has 1 atom stereocenters. The number of aromatic nitrogens is 4. The normalized spacial score (nSPS) is 20.6. The maximum absolute atomic E-state index is 13.0. The molecule has 1 aromatic carbocycles. The molecule has 5 rings (SSSR count). The zero-order valence-electron chi connectivity index (χ0n) is 16.4. The average Bonchev–Trinajstić information content (AvgIpc) is 3.41. The maximum Gasteiger partial charge on any atom is 0.273 e. The van der Waals surface area contributed by atoms with Gasteiger partial charge in [0.25, 0.3) is 11.8 Å². The van der Waals surface area contributed by atoms with Gasteiger partial charge in [0.15, 0.2) is 5.69 Å². The molecular weight excluding hydrogens is 368 g/mol. The van der Waals surface area contributed by atoms with Crippen molar-refractivity contribution in [3.8, 4) is 0 Å². The minimum atomic E-state index is -0.218. The van der Waals surface area contributed by atoms with Gasteiger partial charge in [-0.15, -0.1) is 5.10 Å². The second-order valence-corrected chi connectivity index (χ2v) is 8.15. The number of carbonyl (C=O) groups excluding carboxylic acids is 2. The first-order valence-electron chi connectivity index (χ1n) is 10.1. The molecule has 2 N–H and O–H groups in total. The van der Waals surface area contributed by atoms with Crippen LogP contribution in [0.25, 0.3) is 10.9 Å². The van der Waals surface area contributed by atoms with Crippen LogP contribution in [0.15, 0.2) is 36.7 Å². The number of nitrogens with one attached hydrogen (secondary N) is 2. The van der Waals surface area contributed by atoms with Crippen molar-refractivity contribution in [3.05, 3.63) is 47.9 Å². The highest BCUT2D eigenvalue weighted by Gasteiger charge is 2.50. The van der Waals surface area contributed by atoms with Crippen molar-refractivity contribution in [2.45, 2.75) is 31.7 Å². The molecule has 3 aromatic rings. The van der Waals surface area contributed by atoms with Crippen LogP contribution in [-0.2, 0) is 0 Å². The molecule has 1 aliphatic heterocycles. The first-order valence-corrected chi connectivity index (χ1v) is 10.1. The van der Waals surface area contributed by atoms with Crippen LogP contribution < -0.4 is 5.32 Å². The maximum atomic E-state index is 13.0. The number of piperidine rings is 1. The van der Waals surface area contributed by atoms with Crippen LogP contribution in [0.3, 0.4) is 0 Å². The lowest BCUT2D eigenvalue weighted by atomic mass is 9.59. The summed E-state index contributed by atoms with van der Waals surface area (Å²) in [6.07, 6.45) is 7.69. The van der Waals surface area contributed by atoms with Gasteiger partial charge in [-0.25, -0.2) is 4.68 Å². The van der Waals surface area contributed by atoms with E-state index in [2.05, 4.69) is 20.6 Å². The number of fused-ring (bicyclic) bond motifs is 1. The van der Waals surface area contributed by atoms with Crippen molar-refractivity contribution in [3.63, 3.8) is 0 Å². The summed E-state index contributed by atoms with van der Waals surface area (Å²) < 4.78 is 1.85. The number of hydrogen-bond acceptors (Lipinski definition) is 4. The Morgan fingerprint density at radius 2 is 2.03 bits per heavy atom. The Balaban J connectivity index is 1.27. The summed E-state index contributed by atoms with van der Waals surface area (Å²) >= 11 is 0. The zero-order valence-corrected chi connectivity index (χ0v) is 16.4. The summed E-state index contributed by atoms with van der Waals surface area (Å²) in [5.41, 5.74) is 2.21. The standard InChI is InChI=1S/C21H24N6O2/c1-22-19(28)17-13-27(25-24-17)18-4-6-21(18)7-10-26(11-8-21)20(29)15-3-2-14-5-9-23-16(14)12-15/h2-3,5,9,12-13,18,23H,4,6-8,10-11H2,1H3,(H,22,28). The minimum Gasteiger partial charge on any atom is -0.361 e. The van der Waals surface area contributed by atoms with Gasteiger partial charge in [-0.3, -0.25) is 9.59 Å². The average molecular weight is 392 g/mol. The fraction of sp³-hybridized carbons (Fsp3) is 0.429. The zero-order chi connectivity index (χ0) is 20.0. The molecule has 1 saturated heterocycles. The fourth-order valence-corrected chi connectivity index (χ4v) is 4.86. The van der Waals surface area contributed by atoms with Gasteiger partial charge in [0, 0.05) is 37.4 Å². The van der Waals surface area contributed by atoms with Crippen molar-refractivity contribution < 1.29 is 9.59 Å². The van der Waals surface area contributed by atoms with Crippen LogP contribution in [0, 0.1) is 5.41 Å². The van der Waals surface area contributed by atoms with Crippen molar-refractivity contribution in [1.82, 2.24) is 30.2 Å². The number of likely N-dealkylation sites (tertiary alicyclic amines) is 1. The summed E-state index contributed by atoms with van der Waals surface area (Å²) in [7, 11) is 1.59. The number of nitrogens with zero attached hydrogens (tertiary/aromatic N) is 4. The molecule has 150 valence electrons. The third-order valence-electron chi connectivity index (χ3n) is 6.76. The first kappa shape index (κ1) is 17.9. The van der Waals surface area contributed by atoms with E-state index in [-0.39, 0.29) is 23.3 Å². The molecule has 1 spiro atoms. The lowest BCUT2D eigenvalue weighted by molar-refractivity contribution is -0.0268. The Labute approximate surface area is 168 Å². The van der Waals surface area contributed by atoms with Crippen molar-refractivity contribution in [1.29, 1.82) is 0 Å². The van der Waals surface area contributed by atoms with Crippen LogP contribution in [0.4, 0.5) is 0 Å². The van der Waals surface area contributed by atoms with Crippen LogP contribution in [0.1, 0.15) is 52.6 Å². The van der Waals surface area contributed by atoms with Gasteiger partial charge in [0.05, 0.1) is 12.2 Å². The molecule has 2 aliphatic rings. The Morgan fingerprint density at radius 1 is 1.21 bits per heavy atom. The monoisotopic (exact) mass is 392 g/mol. The molecule has 2 amide bonds. The quantitative estimate of drug-likeness (QED) is 0.715. The van der Waals surface area contributed by atoms with E-state index in [9.17, 15) is 9.59 Å². The number of amides is 2. The largest absolute Gasteiger partial charge is 0.361 e. The van der Waals surface area contributed by atoms with Crippen LogP contribution in [0.5, 0.6) is 0 Å². The van der Waals surface area contributed by atoms with Crippen LogP contribution >= 0.6 is 0 Å². The van der Waals surface area contributed by atoms with Gasteiger partial charge < -0.3 is 15.2 Å². The van der Waals surface area contributed by atoms with Crippen molar-refractivity contribution in [2.24, 2.45) is 5.41 Å². The van der Waals surface area contributed by atoms with E-state index in [1.807, 2.05) is 40.0 Å². The number of hydrogen-bond donors (Lipinski definition) is 2. The third-order valence-corrected chi connectivity index (χ3v) is 6.76. The van der Waals surface area contributed by atoms with Gasteiger partial charge in [0.2, 0.25) is 0 Å². The summed E-state index contributed by atoms with van der Waals surface area (Å²) in [6.45, 7) is 1.49. The van der Waals surface area contributed by atoms with Gasteiger partial charge in [-0.2, -0.15) is 0 Å². The summed E-state index contributed by atoms with van der Waals surface area (Å²) in [4.78, 5) is 29.9. The number of benzene rings is 1.